The summed E-state index contributed by atoms with van der Waals surface area (Å²) in [6.07, 6.45) is 0. The predicted octanol–water partition coefficient (Wildman–Crippen LogP) is 3.96. The number of carboxylic acid groups (broad SMARTS) is 1. The van der Waals surface area contributed by atoms with E-state index in [-0.39, 0.29) is 11.1 Å². The summed E-state index contributed by atoms with van der Waals surface area (Å²) in [5.74, 6) is -1.50. The summed E-state index contributed by atoms with van der Waals surface area (Å²) >= 11 is 3.41. The summed E-state index contributed by atoms with van der Waals surface area (Å²) in [6, 6.07) is 11.4. The highest BCUT2D eigenvalue weighted by atomic mass is 79.9. The molecule has 2 rings (SSSR count). The summed E-state index contributed by atoms with van der Waals surface area (Å²) < 4.78 is 0.989. The molecule has 0 aromatic heterocycles. The predicted molar refractivity (Wildman–Crippen MR) is 86.3 cm³/mol. The number of hydrogen-bond acceptors (Lipinski definition) is 2. The number of carbonyl (C=O) groups is 2. The lowest BCUT2D eigenvalue weighted by atomic mass is 10.1. The van der Waals surface area contributed by atoms with Gasteiger partial charge in [-0.15, -0.1) is 0 Å². The van der Waals surface area contributed by atoms with Crippen LogP contribution in [0.1, 0.15) is 13.8 Å². The molecule has 0 aliphatic carbocycles. The molecule has 108 valence electrons. The first-order chi connectivity index (χ1) is 9.88. The number of benzene rings is 2. The lowest BCUT2D eigenvalue weighted by Gasteiger charge is -2.08. The smallest absolute Gasteiger partial charge is 0.331 e. The van der Waals surface area contributed by atoms with Gasteiger partial charge in [0.1, 0.15) is 0 Å². The Morgan fingerprint density at radius 3 is 2.29 bits per heavy atom. The van der Waals surface area contributed by atoms with Crippen molar-refractivity contribution in [3.05, 3.63) is 52.0 Å². The third-order valence-corrected chi connectivity index (χ3v) is 3.78. The largest absolute Gasteiger partial charge is 0.478 e. The Morgan fingerprint density at radius 2 is 1.62 bits per heavy atom. The quantitative estimate of drug-likeness (QED) is 0.825. The number of nitrogens with one attached hydrogen (secondary N) is 1. The number of halogens is 1. The van der Waals surface area contributed by atoms with E-state index in [0.29, 0.717) is 5.69 Å². The van der Waals surface area contributed by atoms with E-state index in [1.807, 2.05) is 30.3 Å². The van der Waals surface area contributed by atoms with Crippen molar-refractivity contribution in [3.63, 3.8) is 0 Å². The van der Waals surface area contributed by atoms with Crippen LogP contribution in [-0.2, 0) is 9.59 Å². The Balaban J connectivity index is 2.28. The zero-order chi connectivity index (χ0) is 15.6. The monoisotopic (exact) mass is 347 g/mol. The molecular formula is C16H14BrNO3. The Bertz CT molecular complexity index is 765. The summed E-state index contributed by atoms with van der Waals surface area (Å²) in [6.45, 7) is 2.91. The second-order valence-electron chi connectivity index (χ2n) is 4.72. The number of anilines is 1. The van der Waals surface area contributed by atoms with Crippen molar-refractivity contribution in [1.29, 1.82) is 0 Å². The molecule has 0 bridgehead atoms. The molecule has 21 heavy (non-hydrogen) atoms. The highest BCUT2D eigenvalue weighted by molar-refractivity contribution is 9.10. The maximum atomic E-state index is 12.0. The van der Waals surface area contributed by atoms with Gasteiger partial charge in [-0.05, 0) is 48.9 Å². The molecule has 0 heterocycles. The fourth-order valence-electron chi connectivity index (χ4n) is 1.85. The zero-order valence-corrected chi connectivity index (χ0v) is 13.2. The van der Waals surface area contributed by atoms with Gasteiger partial charge < -0.3 is 10.4 Å². The SMILES string of the molecule is C/C(C(=O)O)=C(/C)C(=O)Nc1ccc2cc(Br)ccc2c1. The molecule has 4 nitrogen and oxygen atoms in total. The molecule has 5 heteroatoms. The highest BCUT2D eigenvalue weighted by Crippen LogP contribution is 2.23. The molecule has 0 aliphatic heterocycles. The third kappa shape index (κ3) is 3.49. The molecule has 0 radical (unpaired) electrons. The zero-order valence-electron chi connectivity index (χ0n) is 11.6. The Kier molecular flexibility index (Phi) is 4.43. The number of hydrogen-bond donors (Lipinski definition) is 2. The second kappa shape index (κ2) is 6.10. The molecule has 2 N–H and O–H groups in total. The van der Waals surface area contributed by atoms with Crippen LogP contribution >= 0.6 is 15.9 Å². The molecule has 0 saturated heterocycles. The van der Waals surface area contributed by atoms with Crippen molar-refractivity contribution < 1.29 is 14.7 Å². The average molecular weight is 348 g/mol. The van der Waals surface area contributed by atoms with Crippen molar-refractivity contribution in [2.45, 2.75) is 13.8 Å². The van der Waals surface area contributed by atoms with E-state index >= 15 is 0 Å². The molecule has 0 aliphatic rings. The van der Waals surface area contributed by atoms with Crippen LogP contribution in [0.25, 0.3) is 10.8 Å². The minimum atomic E-state index is -1.09. The number of amides is 1. The minimum Gasteiger partial charge on any atom is -0.478 e. The fourth-order valence-corrected chi connectivity index (χ4v) is 2.23. The molecular weight excluding hydrogens is 334 g/mol. The van der Waals surface area contributed by atoms with Gasteiger partial charge in [-0.25, -0.2) is 4.79 Å². The second-order valence-corrected chi connectivity index (χ2v) is 5.63. The van der Waals surface area contributed by atoms with Crippen LogP contribution in [-0.4, -0.2) is 17.0 Å². The van der Waals surface area contributed by atoms with E-state index in [2.05, 4.69) is 21.2 Å². The molecule has 1 amide bonds. The molecule has 2 aromatic rings. The normalized spacial score (nSPS) is 12.0. The van der Waals surface area contributed by atoms with Crippen LogP contribution in [0, 0.1) is 0 Å². The Morgan fingerprint density at radius 1 is 1.00 bits per heavy atom. The molecule has 0 unspecified atom stereocenters. The fraction of sp³-hybridized carbons (Fsp3) is 0.125. The van der Waals surface area contributed by atoms with Gasteiger partial charge in [0.05, 0.1) is 0 Å². The van der Waals surface area contributed by atoms with Crippen LogP contribution in [0.4, 0.5) is 5.69 Å². The third-order valence-electron chi connectivity index (χ3n) is 3.28. The van der Waals surface area contributed by atoms with Gasteiger partial charge in [-0.2, -0.15) is 0 Å². The van der Waals surface area contributed by atoms with E-state index in [1.54, 1.807) is 6.07 Å². The average Bonchev–Trinajstić information content (AvgIpc) is 2.45. The molecule has 0 spiro atoms. The van der Waals surface area contributed by atoms with Gasteiger partial charge in [-0.3, -0.25) is 4.79 Å². The van der Waals surface area contributed by atoms with Crippen LogP contribution in [0.3, 0.4) is 0 Å². The van der Waals surface area contributed by atoms with Gasteiger partial charge in [0.15, 0.2) is 0 Å². The lowest BCUT2D eigenvalue weighted by Crippen LogP contribution is -2.16. The van der Waals surface area contributed by atoms with Crippen molar-refractivity contribution >= 4 is 44.3 Å². The lowest BCUT2D eigenvalue weighted by molar-refractivity contribution is -0.133. The first kappa shape index (κ1) is 15.3. The highest BCUT2D eigenvalue weighted by Gasteiger charge is 2.12. The first-order valence-corrected chi connectivity index (χ1v) is 7.09. The van der Waals surface area contributed by atoms with Crippen LogP contribution < -0.4 is 5.32 Å². The molecule has 0 atom stereocenters. The summed E-state index contributed by atoms with van der Waals surface area (Å²) in [4.78, 5) is 22.9. The van der Waals surface area contributed by atoms with Crippen molar-refractivity contribution in [2.75, 3.05) is 5.32 Å². The van der Waals surface area contributed by atoms with Crippen LogP contribution in [0.15, 0.2) is 52.0 Å². The summed E-state index contributed by atoms with van der Waals surface area (Å²) in [7, 11) is 0. The number of fused-ring (bicyclic) bond motifs is 1. The molecule has 0 saturated carbocycles. The van der Waals surface area contributed by atoms with Crippen LogP contribution in [0.5, 0.6) is 0 Å². The molecule has 2 aromatic carbocycles. The molecule has 0 fully saturated rings. The topological polar surface area (TPSA) is 66.4 Å². The van der Waals surface area contributed by atoms with E-state index in [9.17, 15) is 9.59 Å². The van der Waals surface area contributed by atoms with E-state index in [0.717, 1.165) is 15.2 Å². The van der Waals surface area contributed by atoms with Crippen LogP contribution in [0.2, 0.25) is 0 Å². The maximum Gasteiger partial charge on any atom is 0.331 e. The van der Waals surface area contributed by atoms with E-state index in [4.69, 9.17) is 5.11 Å². The number of carbonyl (C=O) groups excluding carboxylic acids is 1. The summed E-state index contributed by atoms with van der Waals surface area (Å²) in [5.41, 5.74) is 0.864. The van der Waals surface area contributed by atoms with Gasteiger partial charge in [0.25, 0.3) is 5.91 Å². The van der Waals surface area contributed by atoms with Gasteiger partial charge in [0, 0.05) is 21.3 Å². The Labute approximate surface area is 130 Å². The van der Waals surface area contributed by atoms with Gasteiger partial charge >= 0.3 is 5.97 Å². The van der Waals surface area contributed by atoms with Crippen molar-refractivity contribution in [1.82, 2.24) is 0 Å². The standard InChI is InChI=1S/C16H14BrNO3/c1-9(10(2)16(20)21)15(19)18-14-6-4-11-7-13(17)5-3-12(11)8-14/h3-8H,1-2H3,(H,18,19)(H,20,21)/b10-9+. The Hall–Kier alpha value is -2.14. The maximum absolute atomic E-state index is 12.0. The van der Waals surface area contributed by atoms with Gasteiger partial charge in [0.2, 0.25) is 0 Å². The minimum absolute atomic E-state index is 0.0391. The number of carboxylic acids is 1. The first-order valence-electron chi connectivity index (χ1n) is 6.30. The van der Waals surface area contributed by atoms with Gasteiger partial charge in [-0.1, -0.05) is 28.1 Å². The van der Waals surface area contributed by atoms with Crippen molar-refractivity contribution in [2.24, 2.45) is 0 Å². The van der Waals surface area contributed by atoms with E-state index < -0.39 is 11.9 Å². The number of rotatable bonds is 3. The number of aliphatic carboxylic acids is 1. The van der Waals surface area contributed by atoms with E-state index in [1.165, 1.54) is 13.8 Å². The van der Waals surface area contributed by atoms with Crippen molar-refractivity contribution in [3.8, 4) is 0 Å². The summed E-state index contributed by atoms with van der Waals surface area (Å²) in [5, 5.41) is 13.7.